The van der Waals surface area contributed by atoms with E-state index in [4.69, 9.17) is 4.74 Å². The van der Waals surface area contributed by atoms with Gasteiger partial charge in [0.2, 0.25) is 11.8 Å². The lowest BCUT2D eigenvalue weighted by Gasteiger charge is -2.23. The first-order valence-electron chi connectivity index (χ1n) is 9.97. The molecule has 1 saturated heterocycles. The highest BCUT2D eigenvalue weighted by Crippen LogP contribution is 2.23. The second kappa shape index (κ2) is 10.2. The Labute approximate surface area is 172 Å². The molecule has 1 aliphatic rings. The summed E-state index contributed by atoms with van der Waals surface area (Å²) in [4.78, 5) is 40.0. The molecule has 29 heavy (non-hydrogen) atoms. The molecule has 0 saturated carbocycles. The molecule has 1 aromatic rings. The van der Waals surface area contributed by atoms with Crippen LogP contribution >= 0.6 is 0 Å². The zero-order valence-electron chi connectivity index (χ0n) is 17.7. The van der Waals surface area contributed by atoms with Crippen molar-refractivity contribution in [3.8, 4) is 0 Å². The minimum Gasteiger partial charge on any atom is -0.444 e. The maximum Gasteiger partial charge on any atom is 0.407 e. The van der Waals surface area contributed by atoms with Crippen molar-refractivity contribution < 1.29 is 19.1 Å². The highest BCUT2D eigenvalue weighted by atomic mass is 16.6. The van der Waals surface area contributed by atoms with E-state index in [1.54, 1.807) is 25.7 Å². The highest BCUT2D eigenvalue weighted by Gasteiger charge is 2.35. The first-order valence-corrected chi connectivity index (χ1v) is 9.97. The lowest BCUT2D eigenvalue weighted by atomic mass is 10.2. The molecule has 2 rings (SSSR count). The number of nitrogens with zero attached hydrogens (tertiary/aromatic N) is 2. The Balaban J connectivity index is 1.66. The average Bonchev–Trinajstić information content (AvgIpc) is 3.04. The third-order valence-corrected chi connectivity index (χ3v) is 4.58. The van der Waals surface area contributed by atoms with E-state index in [0.29, 0.717) is 26.2 Å². The quantitative estimate of drug-likeness (QED) is 0.644. The summed E-state index contributed by atoms with van der Waals surface area (Å²) in [6, 6.07) is 9.41. The van der Waals surface area contributed by atoms with Crippen LogP contribution in [0, 0.1) is 0 Å². The third-order valence-electron chi connectivity index (χ3n) is 4.58. The van der Waals surface area contributed by atoms with Crippen molar-refractivity contribution in [3.63, 3.8) is 0 Å². The van der Waals surface area contributed by atoms with Crippen molar-refractivity contribution in [2.75, 3.05) is 38.1 Å². The molecule has 1 fully saturated rings. The number of para-hydroxylation sites is 1. The van der Waals surface area contributed by atoms with E-state index in [2.05, 4.69) is 10.6 Å². The van der Waals surface area contributed by atoms with Crippen LogP contribution in [0.3, 0.4) is 0 Å². The summed E-state index contributed by atoms with van der Waals surface area (Å²) < 4.78 is 5.13. The number of carbonyl (C=O) groups excluding carboxylic acids is 3. The van der Waals surface area contributed by atoms with Crippen molar-refractivity contribution in [3.05, 3.63) is 30.3 Å². The number of hydrogen-bond donors (Lipinski definition) is 2. The number of rotatable bonds is 8. The Hall–Kier alpha value is -2.61. The molecule has 0 radical (unpaired) electrons. The molecule has 8 nitrogen and oxygen atoms in total. The molecular weight excluding hydrogens is 372 g/mol. The molecule has 1 heterocycles. The number of anilines is 1. The summed E-state index contributed by atoms with van der Waals surface area (Å²) in [5, 5.41) is 5.36. The topological polar surface area (TPSA) is 91.0 Å². The summed E-state index contributed by atoms with van der Waals surface area (Å²) in [7, 11) is 1.87. The van der Waals surface area contributed by atoms with Crippen LogP contribution in [0.4, 0.5) is 10.5 Å². The van der Waals surface area contributed by atoms with Crippen molar-refractivity contribution in [1.82, 2.24) is 15.5 Å². The molecule has 2 N–H and O–H groups in total. The maximum absolute atomic E-state index is 12.7. The molecule has 0 spiro atoms. The Kier molecular flexibility index (Phi) is 8.01. The maximum atomic E-state index is 12.7. The smallest absolute Gasteiger partial charge is 0.407 e. The normalized spacial score (nSPS) is 16.8. The van der Waals surface area contributed by atoms with Crippen LogP contribution in [0.25, 0.3) is 0 Å². The molecule has 0 unspecified atom stereocenters. The van der Waals surface area contributed by atoms with Gasteiger partial charge in [-0.1, -0.05) is 18.2 Å². The fourth-order valence-electron chi connectivity index (χ4n) is 3.14. The van der Waals surface area contributed by atoms with Crippen molar-refractivity contribution in [2.45, 2.75) is 45.3 Å². The van der Waals surface area contributed by atoms with E-state index >= 15 is 0 Å². The van der Waals surface area contributed by atoms with Gasteiger partial charge in [0.05, 0.1) is 6.04 Å². The molecule has 8 heteroatoms. The van der Waals surface area contributed by atoms with Gasteiger partial charge in [0.1, 0.15) is 5.60 Å². The predicted molar refractivity (Wildman–Crippen MR) is 112 cm³/mol. The molecule has 0 aromatic heterocycles. The van der Waals surface area contributed by atoms with E-state index in [-0.39, 0.29) is 24.3 Å². The predicted octanol–water partition coefficient (Wildman–Crippen LogP) is 1.75. The Morgan fingerprint density at radius 2 is 1.83 bits per heavy atom. The Morgan fingerprint density at radius 3 is 2.48 bits per heavy atom. The highest BCUT2D eigenvalue weighted by molar-refractivity contribution is 5.99. The van der Waals surface area contributed by atoms with Gasteiger partial charge < -0.3 is 20.3 Å². The van der Waals surface area contributed by atoms with Crippen LogP contribution in [0.5, 0.6) is 0 Å². The van der Waals surface area contributed by atoms with E-state index < -0.39 is 11.7 Å². The first kappa shape index (κ1) is 22.7. The van der Waals surface area contributed by atoms with Crippen LogP contribution in [-0.4, -0.2) is 67.7 Å². The molecule has 160 valence electrons. The number of alkyl carbamates (subject to hydrolysis) is 1. The zero-order chi connectivity index (χ0) is 21.4. The van der Waals surface area contributed by atoms with Crippen molar-refractivity contribution >= 4 is 23.6 Å². The minimum absolute atomic E-state index is 0.0701. The van der Waals surface area contributed by atoms with Gasteiger partial charge in [-0.2, -0.15) is 0 Å². The van der Waals surface area contributed by atoms with Gasteiger partial charge in [-0.3, -0.25) is 14.5 Å². The van der Waals surface area contributed by atoms with Crippen LogP contribution in [0.1, 0.15) is 33.6 Å². The number of carbonyl (C=O) groups is 3. The molecule has 1 aliphatic heterocycles. The fraction of sp³-hybridized carbons (Fsp3) is 0.571. The Morgan fingerprint density at radius 1 is 1.17 bits per heavy atom. The standard InChI is InChI=1S/C21H32N4O4/c1-21(2,3)29-20(28)23-13-12-22-18(26)11-14-24(4)17-10-15-25(19(17)27)16-8-6-5-7-9-16/h5-9,17H,10-15H2,1-4H3,(H,22,26)(H,23,28)/t17-/m1/s1. The lowest BCUT2D eigenvalue weighted by molar-refractivity contribution is -0.124. The molecule has 0 aliphatic carbocycles. The second-order valence-electron chi connectivity index (χ2n) is 8.14. The summed E-state index contributed by atoms with van der Waals surface area (Å²) in [5.74, 6) is -0.0473. The SMILES string of the molecule is CN(CCC(=O)NCCNC(=O)OC(C)(C)C)[C@@H]1CCN(c2ccccc2)C1=O. The summed E-state index contributed by atoms with van der Waals surface area (Å²) in [6.45, 7) is 7.16. The number of nitrogens with one attached hydrogen (secondary N) is 2. The molecule has 1 atom stereocenters. The average molecular weight is 405 g/mol. The second-order valence-corrected chi connectivity index (χ2v) is 8.14. The van der Waals surface area contributed by atoms with E-state index in [1.807, 2.05) is 42.3 Å². The van der Waals surface area contributed by atoms with Gasteiger partial charge in [0.25, 0.3) is 0 Å². The van der Waals surface area contributed by atoms with Gasteiger partial charge in [-0.25, -0.2) is 4.79 Å². The minimum atomic E-state index is -0.550. The van der Waals surface area contributed by atoms with Gasteiger partial charge in [-0.15, -0.1) is 0 Å². The van der Waals surface area contributed by atoms with Gasteiger partial charge in [0, 0.05) is 38.3 Å². The van der Waals surface area contributed by atoms with Crippen molar-refractivity contribution in [1.29, 1.82) is 0 Å². The number of hydrogen-bond acceptors (Lipinski definition) is 5. The summed E-state index contributed by atoms with van der Waals surface area (Å²) in [5.41, 5.74) is 0.356. The van der Waals surface area contributed by atoms with Crippen LogP contribution in [0.2, 0.25) is 0 Å². The first-order chi connectivity index (χ1) is 13.7. The van der Waals surface area contributed by atoms with Crippen LogP contribution in [0.15, 0.2) is 30.3 Å². The monoisotopic (exact) mass is 404 g/mol. The summed E-state index contributed by atoms with van der Waals surface area (Å²) >= 11 is 0. The third kappa shape index (κ3) is 7.38. The largest absolute Gasteiger partial charge is 0.444 e. The van der Waals surface area contributed by atoms with Gasteiger partial charge in [-0.05, 0) is 46.4 Å². The fourth-order valence-corrected chi connectivity index (χ4v) is 3.14. The van der Waals surface area contributed by atoms with Gasteiger partial charge in [0.15, 0.2) is 0 Å². The Bertz CT molecular complexity index is 702. The van der Waals surface area contributed by atoms with E-state index in [0.717, 1.165) is 12.1 Å². The zero-order valence-corrected chi connectivity index (χ0v) is 17.7. The van der Waals surface area contributed by atoms with Crippen molar-refractivity contribution in [2.24, 2.45) is 0 Å². The molecule has 0 bridgehead atoms. The number of likely N-dealkylation sites (N-methyl/N-ethyl adjacent to an activating group) is 1. The van der Waals surface area contributed by atoms with E-state index in [1.165, 1.54) is 0 Å². The summed E-state index contributed by atoms with van der Waals surface area (Å²) in [6.07, 6.45) is 0.526. The molecular formula is C21H32N4O4. The lowest BCUT2D eigenvalue weighted by Crippen LogP contribution is -2.42. The number of benzene rings is 1. The molecule has 1 aromatic carbocycles. The van der Waals surface area contributed by atoms with Crippen LogP contribution < -0.4 is 15.5 Å². The number of ether oxygens (including phenoxy) is 1. The molecule has 3 amide bonds. The van der Waals surface area contributed by atoms with Gasteiger partial charge >= 0.3 is 6.09 Å². The van der Waals surface area contributed by atoms with Crippen LogP contribution in [-0.2, 0) is 14.3 Å². The number of amides is 3. The van der Waals surface area contributed by atoms with E-state index in [9.17, 15) is 14.4 Å².